The van der Waals surface area contributed by atoms with E-state index in [1.807, 2.05) is 19.2 Å². The van der Waals surface area contributed by atoms with Crippen LogP contribution in [0.2, 0.25) is 0 Å². The van der Waals surface area contributed by atoms with Crippen molar-refractivity contribution < 1.29 is 22.8 Å². The number of hydrogen-bond donors (Lipinski definition) is 1. The smallest absolute Gasteiger partial charge is 0.273 e. The quantitative estimate of drug-likeness (QED) is 0.672. The molecular weight excluding hydrogens is 392 g/mol. The van der Waals surface area contributed by atoms with Crippen molar-refractivity contribution in [1.29, 1.82) is 0 Å². The molecule has 0 spiro atoms. The Morgan fingerprint density at radius 3 is 2.83 bits per heavy atom. The lowest BCUT2D eigenvalue weighted by molar-refractivity contribution is 0.0925. The maximum absolute atomic E-state index is 13.6. The fourth-order valence-electron chi connectivity index (χ4n) is 3.48. The molecule has 1 aliphatic rings. The van der Waals surface area contributed by atoms with Crippen LogP contribution < -0.4 is 10.1 Å². The van der Waals surface area contributed by atoms with Crippen molar-refractivity contribution in [2.75, 3.05) is 13.6 Å². The Morgan fingerprint density at radius 2 is 2.03 bits per heavy atom. The Kier molecular flexibility index (Phi) is 5.76. The number of likely N-dealkylation sites (N-methyl/N-ethyl adjacent to an activating group) is 1. The lowest BCUT2D eigenvalue weighted by atomic mass is 9.94. The van der Waals surface area contributed by atoms with Crippen LogP contribution in [0.15, 0.2) is 53.1 Å². The van der Waals surface area contributed by atoms with E-state index in [9.17, 15) is 13.6 Å². The van der Waals surface area contributed by atoms with Crippen LogP contribution >= 0.6 is 0 Å². The predicted octanol–water partition coefficient (Wildman–Crippen LogP) is 3.32. The molecule has 0 aliphatic carbocycles. The molecule has 8 heteroatoms. The van der Waals surface area contributed by atoms with E-state index in [1.54, 1.807) is 0 Å². The van der Waals surface area contributed by atoms with Crippen LogP contribution in [-0.2, 0) is 19.6 Å². The monoisotopic (exact) mass is 413 g/mol. The molecule has 1 atom stereocenters. The number of rotatable bonds is 6. The Morgan fingerprint density at radius 1 is 1.23 bits per heavy atom. The molecular formula is C22H21F2N3O3. The summed E-state index contributed by atoms with van der Waals surface area (Å²) >= 11 is 0. The maximum Gasteiger partial charge on any atom is 0.273 e. The number of aromatic nitrogens is 1. The summed E-state index contributed by atoms with van der Waals surface area (Å²) in [5.41, 5.74) is 2.72. The minimum absolute atomic E-state index is 0.112. The Bertz CT molecular complexity index is 1050. The number of fused-ring (bicyclic) bond motifs is 1. The fourth-order valence-corrected chi connectivity index (χ4v) is 3.48. The van der Waals surface area contributed by atoms with Crippen LogP contribution in [0.4, 0.5) is 8.78 Å². The molecule has 0 radical (unpaired) electrons. The minimum Gasteiger partial charge on any atom is -0.482 e. The van der Waals surface area contributed by atoms with Gasteiger partial charge in [-0.15, -0.1) is 0 Å². The highest BCUT2D eigenvalue weighted by Gasteiger charge is 2.24. The average Bonchev–Trinajstić information content (AvgIpc) is 3.20. The maximum atomic E-state index is 13.6. The van der Waals surface area contributed by atoms with Crippen LogP contribution in [0.25, 0.3) is 0 Å². The van der Waals surface area contributed by atoms with Gasteiger partial charge in [-0.05, 0) is 36.7 Å². The minimum atomic E-state index is -0.814. The van der Waals surface area contributed by atoms with E-state index in [0.717, 1.165) is 25.1 Å². The highest BCUT2D eigenvalue weighted by atomic mass is 19.1. The summed E-state index contributed by atoms with van der Waals surface area (Å²) in [7, 11) is 2.03. The van der Waals surface area contributed by atoms with Crippen molar-refractivity contribution >= 4 is 5.91 Å². The molecule has 0 saturated carbocycles. The number of nitrogens with one attached hydrogen (secondary N) is 1. The molecule has 2 aromatic carbocycles. The number of amides is 1. The second-order valence-electron chi connectivity index (χ2n) is 7.29. The first-order chi connectivity index (χ1) is 14.5. The molecule has 1 N–H and O–H groups in total. The van der Waals surface area contributed by atoms with E-state index in [0.29, 0.717) is 6.54 Å². The molecule has 156 valence electrons. The summed E-state index contributed by atoms with van der Waals surface area (Å²) in [5.74, 6) is -1.71. The average molecular weight is 413 g/mol. The van der Waals surface area contributed by atoms with Crippen molar-refractivity contribution in [2.24, 2.45) is 0 Å². The molecule has 6 nitrogen and oxygen atoms in total. The standard InChI is InChI=1S/C22H21F2N3O3/c1-27-12-15-5-3-2-4-14(15)8-17(27)11-25-22(28)20-10-18(30-26-20)13-29-21-7-6-16(23)9-19(21)24/h2-7,9-10,17H,8,11-13H2,1H3,(H,25,28). The van der Waals surface area contributed by atoms with Gasteiger partial charge in [0.2, 0.25) is 0 Å². The summed E-state index contributed by atoms with van der Waals surface area (Å²) < 4.78 is 36.9. The Labute approximate surface area is 172 Å². The molecule has 1 aliphatic heterocycles. The second kappa shape index (κ2) is 8.62. The third kappa shape index (κ3) is 4.49. The first-order valence-corrected chi connectivity index (χ1v) is 9.58. The van der Waals surface area contributed by atoms with E-state index in [-0.39, 0.29) is 35.8 Å². The second-order valence-corrected chi connectivity index (χ2v) is 7.29. The molecule has 1 amide bonds. The molecule has 0 saturated heterocycles. The zero-order chi connectivity index (χ0) is 21.1. The fraction of sp³-hybridized carbons (Fsp3) is 0.273. The first kappa shape index (κ1) is 20.0. The van der Waals surface area contributed by atoms with Gasteiger partial charge >= 0.3 is 0 Å². The first-order valence-electron chi connectivity index (χ1n) is 9.58. The van der Waals surface area contributed by atoms with Gasteiger partial charge in [0.15, 0.2) is 23.0 Å². The van der Waals surface area contributed by atoms with E-state index in [1.165, 1.54) is 23.3 Å². The van der Waals surface area contributed by atoms with Crippen molar-refractivity contribution in [2.45, 2.75) is 25.6 Å². The van der Waals surface area contributed by atoms with Gasteiger partial charge in [0, 0.05) is 31.3 Å². The lowest BCUT2D eigenvalue weighted by Gasteiger charge is -2.34. The van der Waals surface area contributed by atoms with Crippen LogP contribution in [0.1, 0.15) is 27.4 Å². The van der Waals surface area contributed by atoms with E-state index in [4.69, 9.17) is 9.26 Å². The third-order valence-electron chi connectivity index (χ3n) is 5.17. The number of carbonyl (C=O) groups excluding carboxylic acids is 1. The zero-order valence-corrected chi connectivity index (χ0v) is 16.4. The molecule has 3 aromatic rings. The SMILES string of the molecule is CN1Cc2ccccc2CC1CNC(=O)c1cc(COc2ccc(F)cc2F)on1. The summed E-state index contributed by atoms with van der Waals surface area (Å²) in [6.45, 7) is 1.18. The molecule has 4 rings (SSSR count). The molecule has 30 heavy (non-hydrogen) atoms. The normalized spacial score (nSPS) is 16.2. The van der Waals surface area contributed by atoms with Gasteiger partial charge in [-0.25, -0.2) is 8.78 Å². The number of carbonyl (C=O) groups is 1. The van der Waals surface area contributed by atoms with Gasteiger partial charge < -0.3 is 14.6 Å². The van der Waals surface area contributed by atoms with Gasteiger partial charge in [-0.1, -0.05) is 29.4 Å². The topological polar surface area (TPSA) is 67.6 Å². The van der Waals surface area contributed by atoms with E-state index < -0.39 is 11.6 Å². The van der Waals surface area contributed by atoms with Gasteiger partial charge in [0.05, 0.1) is 0 Å². The zero-order valence-electron chi connectivity index (χ0n) is 16.4. The van der Waals surface area contributed by atoms with Gasteiger partial charge in [-0.2, -0.15) is 0 Å². The van der Waals surface area contributed by atoms with Crippen molar-refractivity contribution in [3.63, 3.8) is 0 Å². The molecule has 0 bridgehead atoms. The van der Waals surface area contributed by atoms with Crippen molar-refractivity contribution in [3.8, 4) is 5.75 Å². The van der Waals surface area contributed by atoms with Crippen LogP contribution in [0.5, 0.6) is 5.75 Å². The summed E-state index contributed by atoms with van der Waals surface area (Å²) in [6.07, 6.45) is 0.855. The molecule has 0 fully saturated rings. The summed E-state index contributed by atoms with van der Waals surface area (Å²) in [5, 5.41) is 6.64. The van der Waals surface area contributed by atoms with E-state index in [2.05, 4.69) is 27.5 Å². The van der Waals surface area contributed by atoms with Crippen molar-refractivity contribution in [1.82, 2.24) is 15.4 Å². The number of hydrogen-bond acceptors (Lipinski definition) is 5. The van der Waals surface area contributed by atoms with Crippen LogP contribution in [-0.4, -0.2) is 35.6 Å². The lowest BCUT2D eigenvalue weighted by Crippen LogP contribution is -2.45. The van der Waals surface area contributed by atoms with Crippen LogP contribution in [0.3, 0.4) is 0 Å². The van der Waals surface area contributed by atoms with Gasteiger partial charge in [0.1, 0.15) is 12.4 Å². The highest BCUT2D eigenvalue weighted by Crippen LogP contribution is 2.22. The van der Waals surface area contributed by atoms with Crippen LogP contribution in [0, 0.1) is 11.6 Å². The largest absolute Gasteiger partial charge is 0.482 e. The number of nitrogens with zero attached hydrogens (tertiary/aromatic N) is 2. The van der Waals surface area contributed by atoms with Gasteiger partial charge in [0.25, 0.3) is 5.91 Å². The highest BCUT2D eigenvalue weighted by molar-refractivity contribution is 5.92. The van der Waals surface area contributed by atoms with Crippen molar-refractivity contribution in [3.05, 3.63) is 82.7 Å². The van der Waals surface area contributed by atoms with E-state index >= 15 is 0 Å². The number of benzene rings is 2. The van der Waals surface area contributed by atoms with Gasteiger partial charge in [-0.3, -0.25) is 9.69 Å². The Balaban J connectivity index is 1.31. The molecule has 1 aromatic heterocycles. The molecule has 1 unspecified atom stereocenters. The number of ether oxygens (including phenoxy) is 1. The summed E-state index contributed by atoms with van der Waals surface area (Å²) in [6, 6.07) is 12.9. The third-order valence-corrected chi connectivity index (χ3v) is 5.17. The number of halogens is 2. The Hall–Kier alpha value is -3.26. The molecule has 2 heterocycles. The predicted molar refractivity (Wildman–Crippen MR) is 105 cm³/mol. The summed E-state index contributed by atoms with van der Waals surface area (Å²) in [4.78, 5) is 14.6.